The van der Waals surface area contributed by atoms with E-state index in [2.05, 4.69) is 15.5 Å². The maximum Gasteiger partial charge on any atom is 0.254 e. The van der Waals surface area contributed by atoms with E-state index in [-0.39, 0.29) is 30.4 Å². The molecule has 0 aliphatic carbocycles. The second kappa shape index (κ2) is 9.46. The van der Waals surface area contributed by atoms with Crippen molar-refractivity contribution in [3.63, 3.8) is 0 Å². The van der Waals surface area contributed by atoms with E-state index in [1.54, 1.807) is 54.7 Å². The van der Waals surface area contributed by atoms with Gasteiger partial charge in [-0.05, 0) is 56.2 Å². The lowest BCUT2D eigenvalue weighted by Gasteiger charge is -2.25. The summed E-state index contributed by atoms with van der Waals surface area (Å²) in [5.74, 6) is 0.194. The number of rotatable bonds is 6. The number of β-amino-alcohol motifs (C(OH)–C–C–N with tert-alkyl or cyclic N) is 1. The lowest BCUT2D eigenvalue weighted by molar-refractivity contribution is 0.0715. The van der Waals surface area contributed by atoms with Crippen LogP contribution < -0.4 is 10.1 Å². The van der Waals surface area contributed by atoms with Crippen LogP contribution in [0.5, 0.6) is 5.75 Å². The number of aliphatic hydroxyl groups is 1. The fraction of sp³-hybridized carbons (Fsp3) is 0.320. The number of hydrogen-bond donors (Lipinski definition) is 3. The van der Waals surface area contributed by atoms with E-state index < -0.39 is 6.10 Å². The standard InChI is InChI=1S/C25H28N4O4/c1-15(2)28-24(31)17-6-4-5-16(9-17)22-11-20(30)14-29(22)25(32)18-7-8-21(23(10-18)33-3)19-12-26-27-13-19/h4-10,12-13,15,20,22,30H,11,14H2,1-3H3,(H,26,27)(H,28,31). The number of ether oxygens (including phenoxy) is 1. The van der Waals surface area contributed by atoms with Crippen LogP contribution >= 0.6 is 0 Å². The molecule has 0 saturated carbocycles. The third kappa shape index (κ3) is 4.75. The lowest BCUT2D eigenvalue weighted by atomic mass is 10.00. The molecule has 172 valence electrons. The molecular formula is C25H28N4O4. The van der Waals surface area contributed by atoms with Crippen LogP contribution in [-0.2, 0) is 0 Å². The molecule has 4 rings (SSSR count). The van der Waals surface area contributed by atoms with Crippen molar-refractivity contribution >= 4 is 11.8 Å². The molecule has 33 heavy (non-hydrogen) atoms. The van der Waals surface area contributed by atoms with Crippen LogP contribution in [0.3, 0.4) is 0 Å². The van der Waals surface area contributed by atoms with Crippen molar-refractivity contribution in [3.8, 4) is 16.9 Å². The fourth-order valence-corrected chi connectivity index (χ4v) is 4.21. The molecule has 1 aliphatic heterocycles. The minimum absolute atomic E-state index is 0.0209. The SMILES string of the molecule is COc1cc(C(=O)N2CC(O)CC2c2cccc(C(=O)NC(C)C)c2)ccc1-c1cn[nH]c1. The first-order valence-electron chi connectivity index (χ1n) is 10.9. The van der Waals surface area contributed by atoms with Crippen LogP contribution in [0.4, 0.5) is 0 Å². The number of likely N-dealkylation sites (tertiary alicyclic amines) is 1. The second-order valence-electron chi connectivity index (χ2n) is 8.52. The van der Waals surface area contributed by atoms with Gasteiger partial charge in [0.1, 0.15) is 5.75 Å². The number of benzene rings is 2. The number of carbonyl (C=O) groups excluding carboxylic acids is 2. The van der Waals surface area contributed by atoms with E-state index in [0.717, 1.165) is 16.7 Å². The van der Waals surface area contributed by atoms with Gasteiger partial charge in [0.05, 0.1) is 25.5 Å². The molecule has 3 aromatic rings. The molecule has 2 amide bonds. The molecule has 1 aliphatic rings. The number of carbonyl (C=O) groups is 2. The molecule has 2 aromatic carbocycles. The molecule has 0 bridgehead atoms. The zero-order valence-electron chi connectivity index (χ0n) is 18.9. The number of aromatic amines is 1. The van der Waals surface area contributed by atoms with Crippen LogP contribution in [0.15, 0.2) is 54.9 Å². The summed E-state index contributed by atoms with van der Waals surface area (Å²) >= 11 is 0. The van der Waals surface area contributed by atoms with Gasteiger partial charge in [0.25, 0.3) is 11.8 Å². The van der Waals surface area contributed by atoms with E-state index >= 15 is 0 Å². The number of nitrogens with one attached hydrogen (secondary N) is 2. The molecular weight excluding hydrogens is 420 g/mol. The molecule has 1 fully saturated rings. The van der Waals surface area contributed by atoms with Crippen molar-refractivity contribution in [2.24, 2.45) is 0 Å². The second-order valence-corrected chi connectivity index (χ2v) is 8.52. The number of nitrogens with zero attached hydrogens (tertiary/aromatic N) is 2. The lowest BCUT2D eigenvalue weighted by Crippen LogP contribution is -2.32. The minimum Gasteiger partial charge on any atom is -0.496 e. The van der Waals surface area contributed by atoms with Crippen molar-refractivity contribution < 1.29 is 19.4 Å². The summed E-state index contributed by atoms with van der Waals surface area (Å²) in [6, 6.07) is 12.2. The van der Waals surface area contributed by atoms with Gasteiger partial charge in [0.15, 0.2) is 0 Å². The number of aliphatic hydroxyl groups excluding tert-OH is 1. The van der Waals surface area contributed by atoms with Crippen LogP contribution in [-0.4, -0.2) is 57.8 Å². The summed E-state index contributed by atoms with van der Waals surface area (Å²) in [6.45, 7) is 4.03. The smallest absolute Gasteiger partial charge is 0.254 e. The van der Waals surface area contributed by atoms with Gasteiger partial charge in [0, 0.05) is 41.0 Å². The summed E-state index contributed by atoms with van der Waals surface area (Å²) in [4.78, 5) is 27.6. The minimum atomic E-state index is -0.640. The number of hydrogen-bond acceptors (Lipinski definition) is 5. The molecule has 1 aromatic heterocycles. The van der Waals surface area contributed by atoms with Gasteiger partial charge in [0.2, 0.25) is 0 Å². The Morgan fingerprint density at radius 2 is 2.03 bits per heavy atom. The van der Waals surface area contributed by atoms with Crippen LogP contribution in [0.1, 0.15) is 52.6 Å². The first kappa shape index (κ1) is 22.5. The van der Waals surface area contributed by atoms with Crippen LogP contribution in [0.25, 0.3) is 11.1 Å². The molecule has 2 heterocycles. The van der Waals surface area contributed by atoms with Crippen molar-refractivity contribution in [1.29, 1.82) is 0 Å². The Morgan fingerprint density at radius 1 is 1.21 bits per heavy atom. The summed E-state index contributed by atoms with van der Waals surface area (Å²) < 4.78 is 5.52. The maximum atomic E-state index is 13.5. The van der Waals surface area contributed by atoms with Crippen LogP contribution in [0.2, 0.25) is 0 Å². The molecule has 2 atom stereocenters. The first-order chi connectivity index (χ1) is 15.9. The van der Waals surface area contributed by atoms with Gasteiger partial charge in [-0.1, -0.05) is 12.1 Å². The Labute approximate surface area is 192 Å². The highest BCUT2D eigenvalue weighted by atomic mass is 16.5. The average molecular weight is 449 g/mol. The number of methoxy groups -OCH3 is 1. The summed E-state index contributed by atoms with van der Waals surface area (Å²) in [6.07, 6.45) is 3.22. The van der Waals surface area contributed by atoms with Crippen molar-refractivity contribution in [2.75, 3.05) is 13.7 Å². The Bertz CT molecular complexity index is 1140. The monoisotopic (exact) mass is 448 g/mol. The zero-order chi connectivity index (χ0) is 23.5. The molecule has 0 spiro atoms. The Kier molecular flexibility index (Phi) is 6.46. The molecule has 3 N–H and O–H groups in total. The molecule has 8 heteroatoms. The van der Waals surface area contributed by atoms with Gasteiger partial charge < -0.3 is 20.1 Å². The van der Waals surface area contributed by atoms with Gasteiger partial charge in [-0.3, -0.25) is 14.7 Å². The topological polar surface area (TPSA) is 108 Å². The van der Waals surface area contributed by atoms with E-state index in [1.165, 1.54) is 0 Å². The predicted octanol–water partition coefficient (Wildman–Crippen LogP) is 3.17. The van der Waals surface area contributed by atoms with E-state index in [0.29, 0.717) is 23.3 Å². The van der Waals surface area contributed by atoms with Crippen molar-refractivity contribution in [3.05, 3.63) is 71.5 Å². The molecule has 8 nitrogen and oxygen atoms in total. The summed E-state index contributed by atoms with van der Waals surface area (Å²) in [7, 11) is 1.56. The molecule has 0 radical (unpaired) electrons. The van der Waals surface area contributed by atoms with Crippen molar-refractivity contribution in [2.45, 2.75) is 38.5 Å². The van der Waals surface area contributed by atoms with E-state index in [1.807, 2.05) is 26.0 Å². The third-order valence-electron chi connectivity index (χ3n) is 5.75. The Balaban J connectivity index is 1.62. The molecule has 1 saturated heterocycles. The van der Waals surface area contributed by atoms with Crippen molar-refractivity contribution in [1.82, 2.24) is 20.4 Å². The number of amides is 2. The Hall–Kier alpha value is -3.65. The highest BCUT2D eigenvalue weighted by Crippen LogP contribution is 2.36. The normalized spacial score (nSPS) is 17.9. The summed E-state index contributed by atoms with van der Waals surface area (Å²) in [5, 5.41) is 20.0. The summed E-state index contributed by atoms with van der Waals surface area (Å²) in [5.41, 5.74) is 3.49. The highest BCUT2D eigenvalue weighted by molar-refractivity contribution is 5.96. The third-order valence-corrected chi connectivity index (χ3v) is 5.75. The van der Waals surface area contributed by atoms with Crippen LogP contribution in [0, 0.1) is 0 Å². The van der Waals surface area contributed by atoms with E-state index in [4.69, 9.17) is 4.74 Å². The number of aromatic nitrogens is 2. The number of H-pyrrole nitrogens is 1. The van der Waals surface area contributed by atoms with Gasteiger partial charge >= 0.3 is 0 Å². The quantitative estimate of drug-likeness (QED) is 0.537. The first-order valence-corrected chi connectivity index (χ1v) is 10.9. The predicted molar refractivity (Wildman–Crippen MR) is 124 cm³/mol. The molecule has 2 unspecified atom stereocenters. The highest BCUT2D eigenvalue weighted by Gasteiger charge is 2.36. The zero-order valence-corrected chi connectivity index (χ0v) is 18.9. The maximum absolute atomic E-state index is 13.5. The largest absolute Gasteiger partial charge is 0.496 e. The van der Waals surface area contributed by atoms with Gasteiger partial charge in [-0.15, -0.1) is 0 Å². The Morgan fingerprint density at radius 3 is 2.73 bits per heavy atom. The fourth-order valence-electron chi connectivity index (χ4n) is 4.21. The average Bonchev–Trinajstić information content (AvgIpc) is 3.48. The van der Waals surface area contributed by atoms with Gasteiger partial charge in [-0.25, -0.2) is 0 Å². The van der Waals surface area contributed by atoms with Gasteiger partial charge in [-0.2, -0.15) is 5.10 Å². The van der Waals surface area contributed by atoms with E-state index in [9.17, 15) is 14.7 Å².